The van der Waals surface area contributed by atoms with Crippen LogP contribution < -0.4 is 5.43 Å². The number of carbonyl (C=O) groups is 1. The maximum Gasteiger partial charge on any atom is 0.312 e. The average molecular weight is 507 g/mol. The first-order chi connectivity index (χ1) is 13.4. The second-order valence-corrected chi connectivity index (χ2v) is 7.61. The number of halogens is 2. The minimum atomic E-state index is -0.700. The van der Waals surface area contributed by atoms with E-state index in [4.69, 9.17) is 0 Å². The summed E-state index contributed by atoms with van der Waals surface area (Å²) in [5.41, 5.74) is 2.87. The van der Waals surface area contributed by atoms with Gasteiger partial charge in [-0.15, -0.1) is 0 Å². The van der Waals surface area contributed by atoms with Crippen molar-refractivity contribution in [1.82, 2.24) is 5.43 Å². The Morgan fingerprint density at radius 3 is 2.61 bits per heavy atom. The molecule has 0 saturated heterocycles. The lowest BCUT2D eigenvalue weighted by atomic mass is 10.0. The predicted molar refractivity (Wildman–Crippen MR) is 114 cm³/mol. The fourth-order valence-corrected chi connectivity index (χ4v) is 3.65. The van der Waals surface area contributed by atoms with Gasteiger partial charge in [0.2, 0.25) is 11.7 Å². The van der Waals surface area contributed by atoms with E-state index in [0.717, 1.165) is 27.0 Å². The number of amides is 1. The number of nitrogens with one attached hydrogen (secondary N) is 1. The van der Waals surface area contributed by atoms with Gasteiger partial charge in [0.25, 0.3) is 0 Å². The second kappa shape index (κ2) is 8.49. The van der Waals surface area contributed by atoms with Crippen LogP contribution in [0.1, 0.15) is 11.1 Å². The molecule has 0 aromatic heterocycles. The highest BCUT2D eigenvalue weighted by molar-refractivity contribution is 9.11. The smallest absolute Gasteiger partial charge is 0.312 e. The van der Waals surface area contributed by atoms with E-state index in [9.17, 15) is 20.0 Å². The minimum Gasteiger partial charge on any atom is -0.502 e. The van der Waals surface area contributed by atoms with Crippen molar-refractivity contribution in [3.05, 3.63) is 78.7 Å². The van der Waals surface area contributed by atoms with Crippen LogP contribution >= 0.6 is 31.9 Å². The summed E-state index contributed by atoms with van der Waals surface area (Å²) in [6, 6.07) is 14.1. The van der Waals surface area contributed by atoms with E-state index in [1.54, 1.807) is 0 Å². The number of phenolic OH excluding ortho intramolecular Hbond substituents is 1. The van der Waals surface area contributed by atoms with E-state index in [1.165, 1.54) is 12.1 Å². The van der Waals surface area contributed by atoms with Crippen LogP contribution in [0.5, 0.6) is 5.75 Å². The number of aromatic hydroxyl groups is 1. The van der Waals surface area contributed by atoms with Crippen molar-refractivity contribution >= 4 is 60.4 Å². The van der Waals surface area contributed by atoms with E-state index in [-0.39, 0.29) is 17.9 Å². The van der Waals surface area contributed by atoms with Crippen molar-refractivity contribution < 1.29 is 14.8 Å². The summed E-state index contributed by atoms with van der Waals surface area (Å²) >= 11 is 6.64. The molecule has 7 nitrogen and oxygen atoms in total. The molecule has 0 aliphatic carbocycles. The van der Waals surface area contributed by atoms with Gasteiger partial charge in [-0.1, -0.05) is 62.2 Å². The number of fused-ring (bicyclic) bond motifs is 1. The van der Waals surface area contributed by atoms with Crippen LogP contribution in [0, 0.1) is 10.1 Å². The molecule has 0 aliphatic heterocycles. The number of nitro groups is 1. The Morgan fingerprint density at radius 1 is 1.18 bits per heavy atom. The van der Waals surface area contributed by atoms with Gasteiger partial charge in [-0.3, -0.25) is 14.9 Å². The lowest BCUT2D eigenvalue weighted by Crippen LogP contribution is -2.20. The molecule has 1 amide bonds. The SMILES string of the molecule is O=C(Cc1ccc(Br)c2ccccc12)N/N=C\c1cc(Br)cc([N+](=O)[O-])c1O. The summed E-state index contributed by atoms with van der Waals surface area (Å²) in [7, 11) is 0. The number of phenols is 1. The van der Waals surface area contributed by atoms with Crippen molar-refractivity contribution in [2.24, 2.45) is 5.10 Å². The molecule has 28 heavy (non-hydrogen) atoms. The molecule has 0 heterocycles. The van der Waals surface area contributed by atoms with E-state index in [2.05, 4.69) is 42.4 Å². The number of hydrogen-bond acceptors (Lipinski definition) is 5. The summed E-state index contributed by atoms with van der Waals surface area (Å²) in [6.07, 6.45) is 1.26. The van der Waals surface area contributed by atoms with Crippen molar-refractivity contribution in [3.63, 3.8) is 0 Å². The molecule has 0 atom stereocenters. The average Bonchev–Trinajstić information content (AvgIpc) is 2.66. The third-order valence-corrected chi connectivity index (χ3v) is 5.14. The summed E-state index contributed by atoms with van der Waals surface area (Å²) in [6.45, 7) is 0. The fourth-order valence-electron chi connectivity index (χ4n) is 2.71. The zero-order valence-corrected chi connectivity index (χ0v) is 17.4. The number of nitro benzene ring substituents is 1. The molecule has 3 rings (SSSR count). The van der Waals surface area contributed by atoms with Gasteiger partial charge in [0.1, 0.15) is 0 Å². The Kier molecular flexibility index (Phi) is 6.05. The molecule has 9 heteroatoms. The Morgan fingerprint density at radius 2 is 1.89 bits per heavy atom. The van der Waals surface area contributed by atoms with Gasteiger partial charge in [-0.25, -0.2) is 5.43 Å². The third kappa shape index (κ3) is 4.37. The van der Waals surface area contributed by atoms with Gasteiger partial charge >= 0.3 is 5.69 Å². The molecule has 0 saturated carbocycles. The zero-order chi connectivity index (χ0) is 20.3. The molecule has 0 fully saturated rings. The van der Waals surface area contributed by atoms with Crippen LogP contribution in [0.4, 0.5) is 5.69 Å². The number of hydrogen-bond donors (Lipinski definition) is 2. The molecule has 0 bridgehead atoms. The van der Waals surface area contributed by atoms with Crippen LogP contribution in [0.3, 0.4) is 0 Å². The van der Waals surface area contributed by atoms with Gasteiger partial charge in [-0.05, 0) is 28.5 Å². The molecule has 0 unspecified atom stereocenters. The number of rotatable bonds is 5. The monoisotopic (exact) mass is 505 g/mol. The van der Waals surface area contributed by atoms with E-state index in [0.29, 0.717) is 4.47 Å². The van der Waals surface area contributed by atoms with Gasteiger partial charge < -0.3 is 5.11 Å². The van der Waals surface area contributed by atoms with Gasteiger partial charge in [0.15, 0.2) is 0 Å². The van der Waals surface area contributed by atoms with E-state index in [1.807, 2.05) is 36.4 Å². The van der Waals surface area contributed by atoms with Crippen LogP contribution in [-0.4, -0.2) is 22.2 Å². The van der Waals surface area contributed by atoms with Gasteiger partial charge in [0, 0.05) is 20.6 Å². The number of nitrogens with zero attached hydrogens (tertiary/aromatic N) is 2. The van der Waals surface area contributed by atoms with Crippen LogP contribution in [-0.2, 0) is 11.2 Å². The molecule has 142 valence electrons. The topological polar surface area (TPSA) is 105 Å². The third-order valence-electron chi connectivity index (χ3n) is 3.99. The summed E-state index contributed by atoms with van der Waals surface area (Å²) in [5.74, 6) is -0.877. The van der Waals surface area contributed by atoms with E-state index < -0.39 is 16.4 Å². The summed E-state index contributed by atoms with van der Waals surface area (Å²) < 4.78 is 1.35. The lowest BCUT2D eigenvalue weighted by molar-refractivity contribution is -0.385. The van der Waals surface area contributed by atoms with Crippen molar-refractivity contribution in [2.45, 2.75) is 6.42 Å². The van der Waals surface area contributed by atoms with Crippen molar-refractivity contribution in [2.75, 3.05) is 0 Å². The molecule has 2 N–H and O–H groups in total. The highest BCUT2D eigenvalue weighted by Gasteiger charge is 2.17. The largest absolute Gasteiger partial charge is 0.502 e. The zero-order valence-electron chi connectivity index (χ0n) is 14.2. The van der Waals surface area contributed by atoms with Crippen LogP contribution in [0.15, 0.2) is 62.6 Å². The van der Waals surface area contributed by atoms with Crippen LogP contribution in [0.2, 0.25) is 0 Å². The molecule has 0 spiro atoms. The van der Waals surface area contributed by atoms with E-state index >= 15 is 0 Å². The fraction of sp³-hybridized carbons (Fsp3) is 0.0526. The van der Waals surface area contributed by atoms with Gasteiger partial charge in [0.05, 0.1) is 17.6 Å². The molecular formula is C19H13Br2N3O4. The normalized spacial score (nSPS) is 11.1. The highest BCUT2D eigenvalue weighted by Crippen LogP contribution is 2.32. The second-order valence-electron chi connectivity index (χ2n) is 5.84. The minimum absolute atomic E-state index is 0.107. The molecule has 3 aromatic carbocycles. The predicted octanol–water partition coefficient (Wildman–Crippen LogP) is 4.67. The van der Waals surface area contributed by atoms with Crippen molar-refractivity contribution in [1.29, 1.82) is 0 Å². The maximum atomic E-state index is 12.2. The van der Waals surface area contributed by atoms with Crippen LogP contribution in [0.25, 0.3) is 10.8 Å². The Balaban J connectivity index is 1.75. The molecule has 0 radical (unpaired) electrons. The molecular weight excluding hydrogens is 494 g/mol. The summed E-state index contributed by atoms with van der Waals surface area (Å²) in [4.78, 5) is 22.5. The lowest BCUT2D eigenvalue weighted by Gasteiger charge is -2.07. The summed E-state index contributed by atoms with van der Waals surface area (Å²) in [5, 5.41) is 26.7. The first kappa shape index (κ1) is 20.0. The molecule has 0 aliphatic rings. The van der Waals surface area contributed by atoms with Crippen molar-refractivity contribution in [3.8, 4) is 5.75 Å². The first-order valence-electron chi connectivity index (χ1n) is 8.01. The number of benzene rings is 3. The maximum absolute atomic E-state index is 12.2. The first-order valence-corrected chi connectivity index (χ1v) is 9.60. The Hall–Kier alpha value is -2.78. The number of hydrazone groups is 1. The Bertz CT molecular complexity index is 1120. The highest BCUT2D eigenvalue weighted by atomic mass is 79.9. The Labute approximate surface area is 176 Å². The standard InChI is InChI=1S/C19H13Br2N3O4/c20-13-7-12(19(26)17(9-13)24(27)28)10-22-23-18(25)8-11-5-6-16(21)15-4-2-1-3-14(11)15/h1-7,9-10,26H,8H2,(H,23,25)/b22-10-. The quantitative estimate of drug-likeness (QED) is 0.298. The number of carbonyl (C=O) groups excluding carboxylic acids is 1. The van der Waals surface area contributed by atoms with Gasteiger partial charge in [-0.2, -0.15) is 5.10 Å². The molecule has 3 aromatic rings.